The van der Waals surface area contributed by atoms with Crippen molar-refractivity contribution >= 4 is 18.3 Å². The van der Waals surface area contributed by atoms with Gasteiger partial charge in [-0.25, -0.2) is 4.79 Å². The molecule has 1 aliphatic heterocycles. The predicted octanol–water partition coefficient (Wildman–Crippen LogP) is 0.0800. The van der Waals surface area contributed by atoms with Crippen molar-refractivity contribution in [3.63, 3.8) is 0 Å². The van der Waals surface area contributed by atoms with Crippen LogP contribution in [0, 0.1) is 5.92 Å². The maximum absolute atomic E-state index is 11.6. The van der Waals surface area contributed by atoms with E-state index in [2.05, 4.69) is 0 Å². The van der Waals surface area contributed by atoms with Gasteiger partial charge in [0.05, 0.1) is 6.04 Å². The van der Waals surface area contributed by atoms with Crippen LogP contribution in [0.5, 0.6) is 0 Å². The van der Waals surface area contributed by atoms with E-state index in [1.807, 2.05) is 12.2 Å². The first-order valence-corrected chi connectivity index (χ1v) is 5.31. The fourth-order valence-electron chi connectivity index (χ4n) is 2.05. The Morgan fingerprint density at radius 1 is 1.56 bits per heavy atom. The first-order chi connectivity index (χ1) is 7.60. The van der Waals surface area contributed by atoms with Gasteiger partial charge in [-0.05, 0) is 12.3 Å². The lowest BCUT2D eigenvalue weighted by Crippen LogP contribution is -2.44. The van der Waals surface area contributed by atoms with Crippen molar-refractivity contribution in [3.05, 3.63) is 0 Å². The molecule has 1 rings (SSSR count). The van der Waals surface area contributed by atoms with Crippen molar-refractivity contribution in [1.82, 2.24) is 10.2 Å². The van der Waals surface area contributed by atoms with Crippen molar-refractivity contribution in [1.29, 1.82) is 0 Å². The van der Waals surface area contributed by atoms with Crippen LogP contribution in [0.2, 0.25) is 0 Å². The average Bonchev–Trinajstić information content (AvgIpc) is 2.68. The van der Waals surface area contributed by atoms with Gasteiger partial charge in [-0.15, -0.1) is 0 Å². The summed E-state index contributed by atoms with van der Waals surface area (Å²) < 4.78 is 0. The second-order valence-corrected chi connectivity index (χ2v) is 3.83. The van der Waals surface area contributed by atoms with E-state index in [4.69, 9.17) is 5.11 Å². The predicted molar refractivity (Wildman–Crippen MR) is 56.0 cm³/mol. The van der Waals surface area contributed by atoms with Gasteiger partial charge < -0.3 is 20.1 Å². The highest BCUT2D eigenvalue weighted by Gasteiger charge is 2.35. The van der Waals surface area contributed by atoms with E-state index in [1.165, 1.54) is 4.90 Å². The van der Waals surface area contributed by atoms with Crippen LogP contribution in [0.25, 0.3) is 0 Å². The molecule has 2 N–H and O–H groups in total. The molecule has 0 aromatic carbocycles. The number of likely N-dealkylation sites (tertiary alicyclic amines) is 1. The minimum absolute atomic E-state index is 0.200. The molecule has 0 aromatic rings. The van der Waals surface area contributed by atoms with Gasteiger partial charge in [-0.3, -0.25) is 4.79 Å². The third kappa shape index (κ3) is 2.71. The molecule has 2 atom stereocenters. The number of carbonyl (C=O) groups is 3. The number of amides is 2. The van der Waals surface area contributed by atoms with Gasteiger partial charge in [-0.1, -0.05) is 13.3 Å². The normalized spacial score (nSPS) is 24.2. The fraction of sp³-hybridized carbons (Fsp3) is 0.700. The summed E-state index contributed by atoms with van der Waals surface area (Å²) in [5.41, 5.74) is 0. The van der Waals surface area contributed by atoms with E-state index in [-0.39, 0.29) is 18.4 Å². The number of carboxylic acid groups (broad SMARTS) is 1. The molecule has 16 heavy (non-hydrogen) atoms. The average molecular weight is 228 g/mol. The van der Waals surface area contributed by atoms with Gasteiger partial charge in [0.15, 0.2) is 0 Å². The van der Waals surface area contributed by atoms with Crippen LogP contribution >= 0.6 is 0 Å². The summed E-state index contributed by atoms with van der Waals surface area (Å²) in [5, 5.41) is 10.4. The summed E-state index contributed by atoms with van der Waals surface area (Å²) in [5.74, 6) is -0.137. The first kappa shape index (κ1) is 12.5. The summed E-state index contributed by atoms with van der Waals surface area (Å²) in [6.07, 6.45) is 1.19. The van der Waals surface area contributed by atoms with E-state index in [9.17, 15) is 14.4 Å². The summed E-state index contributed by atoms with van der Waals surface area (Å²) in [6.45, 7) is 2.24. The number of carbonyl (C=O) groups excluding carboxylic acids is 2. The van der Waals surface area contributed by atoms with Gasteiger partial charge in [0, 0.05) is 6.54 Å². The second kappa shape index (κ2) is 5.48. The zero-order valence-electron chi connectivity index (χ0n) is 9.18. The summed E-state index contributed by atoms with van der Waals surface area (Å²) in [6, 6.07) is -0.395. The van der Waals surface area contributed by atoms with Crippen molar-refractivity contribution in [2.45, 2.75) is 25.8 Å². The van der Waals surface area contributed by atoms with Gasteiger partial charge in [0.2, 0.25) is 5.91 Å². The van der Waals surface area contributed by atoms with E-state index in [0.29, 0.717) is 6.54 Å². The quantitative estimate of drug-likeness (QED) is 0.667. The van der Waals surface area contributed by atoms with Crippen LogP contribution in [0.15, 0.2) is 0 Å². The standard InChI is InChI=1S/C10H16N2O4/c1-2-7-3-4-12(8(7)6-13)9(14)5-11-10(15)16/h6-8,11H,2-5H2,1H3,(H,15,16)/t7-,8-/m1/s1. The molecular weight excluding hydrogens is 212 g/mol. The highest BCUT2D eigenvalue weighted by molar-refractivity contribution is 5.84. The van der Waals surface area contributed by atoms with E-state index < -0.39 is 12.1 Å². The Bertz CT molecular complexity index is 293. The Labute approximate surface area is 93.6 Å². The van der Waals surface area contributed by atoms with Gasteiger partial charge >= 0.3 is 6.09 Å². The van der Waals surface area contributed by atoms with Crippen molar-refractivity contribution in [2.75, 3.05) is 13.1 Å². The minimum atomic E-state index is -1.23. The lowest BCUT2D eigenvalue weighted by atomic mass is 9.99. The molecule has 1 heterocycles. The molecule has 6 nitrogen and oxygen atoms in total. The smallest absolute Gasteiger partial charge is 0.405 e. The fourth-order valence-corrected chi connectivity index (χ4v) is 2.05. The SMILES string of the molecule is CC[C@@H]1CCN(C(=O)CNC(=O)O)[C@@H]1C=O. The van der Waals surface area contributed by atoms with Crippen molar-refractivity contribution in [2.24, 2.45) is 5.92 Å². The topological polar surface area (TPSA) is 86.7 Å². The zero-order chi connectivity index (χ0) is 12.1. The van der Waals surface area contributed by atoms with Crippen LogP contribution in [-0.4, -0.2) is 47.4 Å². The lowest BCUT2D eigenvalue weighted by Gasteiger charge is -2.22. The Kier molecular flexibility index (Phi) is 4.28. The number of hydrogen-bond acceptors (Lipinski definition) is 3. The van der Waals surface area contributed by atoms with Crippen LogP contribution in [0.4, 0.5) is 4.79 Å². The molecule has 1 saturated heterocycles. The molecule has 2 amide bonds. The van der Waals surface area contributed by atoms with Crippen LogP contribution in [0.3, 0.4) is 0 Å². The molecule has 6 heteroatoms. The van der Waals surface area contributed by atoms with Crippen LogP contribution < -0.4 is 5.32 Å². The summed E-state index contributed by atoms with van der Waals surface area (Å²) in [7, 11) is 0. The van der Waals surface area contributed by atoms with Crippen LogP contribution in [0.1, 0.15) is 19.8 Å². The molecule has 90 valence electrons. The first-order valence-electron chi connectivity index (χ1n) is 5.31. The second-order valence-electron chi connectivity index (χ2n) is 3.83. The summed E-state index contributed by atoms with van der Waals surface area (Å²) >= 11 is 0. The summed E-state index contributed by atoms with van der Waals surface area (Å²) in [4.78, 5) is 34.2. The Morgan fingerprint density at radius 2 is 2.25 bits per heavy atom. The van der Waals surface area contributed by atoms with Crippen molar-refractivity contribution in [3.8, 4) is 0 Å². The number of nitrogens with one attached hydrogen (secondary N) is 1. The molecule has 0 saturated carbocycles. The highest BCUT2D eigenvalue weighted by atomic mass is 16.4. The van der Waals surface area contributed by atoms with Crippen molar-refractivity contribution < 1.29 is 19.5 Å². The number of nitrogens with zero attached hydrogens (tertiary/aromatic N) is 1. The molecule has 0 aliphatic carbocycles. The maximum atomic E-state index is 11.6. The molecule has 1 fully saturated rings. The monoisotopic (exact) mass is 228 g/mol. The zero-order valence-corrected chi connectivity index (χ0v) is 9.18. The Hall–Kier alpha value is -1.59. The van der Waals surface area contributed by atoms with Gasteiger partial charge in [-0.2, -0.15) is 0 Å². The maximum Gasteiger partial charge on any atom is 0.405 e. The molecular formula is C10H16N2O4. The molecule has 0 radical (unpaired) electrons. The Balaban J connectivity index is 2.55. The molecule has 0 unspecified atom stereocenters. The Morgan fingerprint density at radius 3 is 2.75 bits per heavy atom. The number of rotatable bonds is 4. The third-order valence-corrected chi connectivity index (χ3v) is 2.96. The number of aldehydes is 1. The molecule has 1 aliphatic rings. The van der Waals surface area contributed by atoms with Gasteiger partial charge in [0.25, 0.3) is 0 Å². The largest absolute Gasteiger partial charge is 0.465 e. The highest BCUT2D eigenvalue weighted by Crippen LogP contribution is 2.25. The molecule has 0 aromatic heterocycles. The van der Waals surface area contributed by atoms with E-state index in [1.54, 1.807) is 0 Å². The van der Waals surface area contributed by atoms with Crippen LogP contribution in [-0.2, 0) is 9.59 Å². The van der Waals surface area contributed by atoms with E-state index in [0.717, 1.165) is 19.1 Å². The minimum Gasteiger partial charge on any atom is -0.465 e. The molecule has 0 bridgehead atoms. The van der Waals surface area contributed by atoms with E-state index >= 15 is 0 Å². The lowest BCUT2D eigenvalue weighted by molar-refractivity contribution is -0.134. The third-order valence-electron chi connectivity index (χ3n) is 2.96. The van der Waals surface area contributed by atoms with Gasteiger partial charge in [0.1, 0.15) is 12.8 Å². The molecule has 0 spiro atoms. The number of hydrogen-bond donors (Lipinski definition) is 2.